The second-order valence-electron chi connectivity index (χ2n) is 10.9. The van der Waals surface area contributed by atoms with E-state index < -0.39 is 64.0 Å². The normalized spacial score (nSPS) is 22.8. The van der Waals surface area contributed by atoms with Gasteiger partial charge in [0, 0.05) is 31.1 Å². The van der Waals surface area contributed by atoms with E-state index in [9.17, 15) is 37.0 Å². The van der Waals surface area contributed by atoms with Crippen molar-refractivity contribution in [3.05, 3.63) is 95.1 Å². The van der Waals surface area contributed by atoms with Crippen LogP contribution in [0.1, 0.15) is 29.9 Å². The maximum Gasteiger partial charge on any atom is 0.405 e. The molecule has 2 aliphatic rings. The van der Waals surface area contributed by atoms with Gasteiger partial charge in [-0.15, -0.1) is 10.8 Å². The van der Waals surface area contributed by atoms with Gasteiger partial charge in [0.15, 0.2) is 11.6 Å². The molecule has 45 heavy (non-hydrogen) atoms. The van der Waals surface area contributed by atoms with Gasteiger partial charge in [-0.3, -0.25) is 13.9 Å². The molecule has 3 aromatic rings. The number of anilines is 1. The molecule has 0 spiro atoms. The minimum Gasteiger partial charge on any atom is -0.487 e. The minimum atomic E-state index is -3.07. The molecule has 6 N–H and O–H groups in total. The maximum absolute atomic E-state index is 15.1. The highest BCUT2D eigenvalue weighted by Crippen LogP contribution is 2.48. The van der Waals surface area contributed by atoms with Gasteiger partial charge in [0.2, 0.25) is 5.91 Å². The molecule has 0 saturated carbocycles. The molecular formula is C30H32F4N4O6S. The van der Waals surface area contributed by atoms with E-state index in [1.807, 2.05) is 0 Å². The highest BCUT2D eigenvalue weighted by Gasteiger charge is 2.39. The van der Waals surface area contributed by atoms with Gasteiger partial charge in [-0.1, -0.05) is 18.2 Å². The molecule has 0 radical (unpaired) electrons. The van der Waals surface area contributed by atoms with E-state index in [4.69, 9.17) is 4.74 Å². The number of amides is 2. The van der Waals surface area contributed by atoms with Crippen LogP contribution in [0.25, 0.3) is 0 Å². The molecule has 2 fully saturated rings. The van der Waals surface area contributed by atoms with Crippen molar-refractivity contribution in [1.29, 1.82) is 0 Å². The summed E-state index contributed by atoms with van der Waals surface area (Å²) in [5.41, 5.74) is -0.140. The fourth-order valence-corrected chi connectivity index (χ4v) is 7.57. The molecule has 2 bridgehead atoms. The average molecular weight is 653 g/mol. The average Bonchev–Trinajstić information content (AvgIpc) is 3.08. The Balaban J connectivity index is 1.44. The topological polar surface area (TPSA) is 143 Å². The molecule has 2 heterocycles. The quantitative estimate of drug-likeness (QED) is 0.175. The molecule has 5 rings (SSSR count). The summed E-state index contributed by atoms with van der Waals surface area (Å²) in [7, 11) is -3.07. The van der Waals surface area contributed by atoms with E-state index in [0.717, 1.165) is 36.8 Å². The lowest BCUT2D eigenvalue weighted by molar-refractivity contribution is -0.118. The third-order valence-corrected chi connectivity index (χ3v) is 9.84. The van der Waals surface area contributed by atoms with Crippen LogP contribution in [0.5, 0.6) is 5.75 Å². The van der Waals surface area contributed by atoms with Gasteiger partial charge in [-0.05, 0) is 60.4 Å². The number of nitrogens with zero attached hydrogens (tertiary/aromatic N) is 1. The monoisotopic (exact) mass is 652 g/mol. The van der Waals surface area contributed by atoms with Gasteiger partial charge in [0.25, 0.3) is 0 Å². The van der Waals surface area contributed by atoms with Crippen LogP contribution < -0.4 is 20.7 Å². The standard InChI is InChI=1S/C30H32F4N4O6S/c31-19-8-6-17(7-9-19)26(18-11-20(32)13-21(33)12-18)27(37-30(40)41)29(39)36-25-5-1-4-24(34)28(25)44-16-23-14-35-22-3-2-10-45(42,43)38(23)15-22/h1,4-9,11-13,22-23,26-27,35,37,42-43H,2-3,10,14-16H2,(H,36,39)(H,40,41)/t22?,23?,26-,27-/m0/s1. The number of fused-ring (bicyclic) bond motifs is 2. The molecule has 10 nitrogen and oxygen atoms in total. The first kappa shape index (κ1) is 32.5. The molecular weight excluding hydrogens is 620 g/mol. The number of piperazine rings is 1. The van der Waals surface area contributed by atoms with Crippen LogP contribution in [0.2, 0.25) is 0 Å². The van der Waals surface area contributed by atoms with Crippen molar-refractivity contribution >= 4 is 28.5 Å². The van der Waals surface area contributed by atoms with Gasteiger partial charge in [-0.25, -0.2) is 22.4 Å². The van der Waals surface area contributed by atoms with E-state index in [1.165, 1.54) is 24.3 Å². The van der Waals surface area contributed by atoms with E-state index >= 15 is 4.39 Å². The highest BCUT2D eigenvalue weighted by atomic mass is 32.3. The largest absolute Gasteiger partial charge is 0.487 e. The van der Waals surface area contributed by atoms with Crippen LogP contribution in [0.3, 0.4) is 0 Å². The van der Waals surface area contributed by atoms with Crippen LogP contribution in [-0.2, 0) is 4.79 Å². The summed E-state index contributed by atoms with van der Waals surface area (Å²) in [5.74, 6) is -6.04. The van der Waals surface area contributed by atoms with Crippen LogP contribution in [0.15, 0.2) is 60.7 Å². The summed E-state index contributed by atoms with van der Waals surface area (Å²) in [6.07, 6.45) is -0.245. The third-order valence-electron chi connectivity index (χ3n) is 7.81. The van der Waals surface area contributed by atoms with Crippen molar-refractivity contribution in [3.8, 4) is 5.75 Å². The lowest BCUT2D eigenvalue weighted by atomic mass is 9.84. The van der Waals surface area contributed by atoms with Gasteiger partial charge < -0.3 is 25.8 Å². The number of halogens is 4. The van der Waals surface area contributed by atoms with Crippen LogP contribution in [0, 0.1) is 23.3 Å². The predicted molar refractivity (Wildman–Crippen MR) is 159 cm³/mol. The number of hydrogen-bond acceptors (Lipinski definition) is 7. The van der Waals surface area contributed by atoms with Crippen LogP contribution >= 0.6 is 10.8 Å². The number of para-hydroxylation sites is 1. The Kier molecular flexibility index (Phi) is 9.84. The number of rotatable bonds is 9. The second kappa shape index (κ2) is 13.6. The Bertz CT molecular complexity index is 1530. The van der Waals surface area contributed by atoms with Crippen molar-refractivity contribution < 1.29 is 46.1 Å². The van der Waals surface area contributed by atoms with Crippen LogP contribution in [0.4, 0.5) is 28.0 Å². The second-order valence-corrected chi connectivity index (χ2v) is 13.1. The molecule has 15 heteroatoms. The summed E-state index contributed by atoms with van der Waals surface area (Å²) in [5, 5.41) is 17.5. The summed E-state index contributed by atoms with van der Waals surface area (Å²) in [6.45, 7) is 0.521. The Morgan fingerprint density at radius 3 is 2.40 bits per heavy atom. The SMILES string of the molecule is O=C(O)N[C@H](C(=O)Nc1cccc(F)c1OCC1CNC2CCCS(O)(O)N1C2)[C@@H](c1ccc(F)cc1)c1cc(F)cc(F)c1. The predicted octanol–water partition coefficient (Wildman–Crippen LogP) is 5.13. The molecule has 0 aliphatic carbocycles. The Labute approximate surface area is 257 Å². The molecule has 3 unspecified atom stereocenters. The van der Waals surface area contributed by atoms with E-state index in [1.54, 1.807) is 4.31 Å². The number of hydrogen-bond donors (Lipinski definition) is 6. The summed E-state index contributed by atoms with van der Waals surface area (Å²) in [6, 6.07) is 8.53. The van der Waals surface area contributed by atoms with Gasteiger partial charge in [0.05, 0.1) is 17.5 Å². The molecule has 0 aromatic heterocycles. The summed E-state index contributed by atoms with van der Waals surface area (Å²) < 4.78 is 86.3. The molecule has 2 amide bonds. The zero-order valence-electron chi connectivity index (χ0n) is 23.8. The van der Waals surface area contributed by atoms with Crippen molar-refractivity contribution in [1.82, 2.24) is 14.9 Å². The van der Waals surface area contributed by atoms with Crippen molar-refractivity contribution in [2.45, 2.75) is 36.9 Å². The Morgan fingerprint density at radius 1 is 1.00 bits per heavy atom. The Morgan fingerprint density at radius 2 is 1.71 bits per heavy atom. The first-order valence-electron chi connectivity index (χ1n) is 14.1. The lowest BCUT2D eigenvalue weighted by Crippen LogP contribution is -2.57. The summed E-state index contributed by atoms with van der Waals surface area (Å²) in [4.78, 5) is 25.6. The van der Waals surface area contributed by atoms with E-state index in [-0.39, 0.29) is 41.0 Å². The van der Waals surface area contributed by atoms with Gasteiger partial charge >= 0.3 is 6.09 Å². The maximum atomic E-state index is 15.1. The van der Waals surface area contributed by atoms with Crippen molar-refractivity contribution in [3.63, 3.8) is 0 Å². The number of carbonyl (C=O) groups is 2. The highest BCUT2D eigenvalue weighted by molar-refractivity contribution is 8.22. The van der Waals surface area contributed by atoms with Crippen LogP contribution in [-0.4, -0.2) is 74.1 Å². The van der Waals surface area contributed by atoms with Crippen molar-refractivity contribution in [2.24, 2.45) is 0 Å². The number of nitrogens with one attached hydrogen (secondary N) is 3. The number of ether oxygens (including phenoxy) is 1. The molecule has 242 valence electrons. The van der Waals surface area contributed by atoms with Gasteiger partial charge in [0.1, 0.15) is 30.1 Å². The van der Waals surface area contributed by atoms with Gasteiger partial charge in [-0.2, -0.15) is 4.31 Å². The van der Waals surface area contributed by atoms with Crippen molar-refractivity contribution in [2.75, 3.05) is 30.8 Å². The van der Waals surface area contributed by atoms with E-state index in [0.29, 0.717) is 25.6 Å². The number of carboxylic acid groups (broad SMARTS) is 1. The number of benzene rings is 3. The first-order chi connectivity index (χ1) is 21.4. The zero-order valence-corrected chi connectivity index (χ0v) is 24.6. The minimum absolute atomic E-state index is 0.0671. The summed E-state index contributed by atoms with van der Waals surface area (Å²) >= 11 is 0. The smallest absolute Gasteiger partial charge is 0.405 e. The lowest BCUT2D eigenvalue weighted by Gasteiger charge is -2.48. The third kappa shape index (κ3) is 7.68. The molecule has 3 aromatic carbocycles. The Hall–Kier alpha value is -3.89. The zero-order chi connectivity index (χ0) is 32.3. The first-order valence-corrected chi connectivity index (χ1v) is 15.8. The fourth-order valence-electron chi connectivity index (χ4n) is 5.75. The molecule has 2 aliphatic heterocycles. The molecule has 2 saturated heterocycles. The number of carbonyl (C=O) groups excluding carboxylic acids is 1. The molecule has 5 atom stereocenters. The van der Waals surface area contributed by atoms with E-state index in [2.05, 4.69) is 16.0 Å². The fraction of sp³-hybridized carbons (Fsp3) is 0.333.